The number of methoxy groups -OCH3 is 1. The van der Waals surface area contributed by atoms with Gasteiger partial charge in [0.2, 0.25) is 0 Å². The number of carbonyl (C=O) groups excluding carboxylic acids is 3. The summed E-state index contributed by atoms with van der Waals surface area (Å²) in [5, 5.41) is 33.6. The Morgan fingerprint density at radius 1 is 1.00 bits per heavy atom. The molecule has 0 heterocycles. The van der Waals surface area contributed by atoms with E-state index >= 15 is 0 Å². The van der Waals surface area contributed by atoms with Gasteiger partial charge < -0.3 is 29.5 Å². The van der Waals surface area contributed by atoms with Gasteiger partial charge in [-0.3, -0.25) is 14.4 Å². The van der Waals surface area contributed by atoms with Crippen molar-refractivity contribution in [3.63, 3.8) is 0 Å². The average Bonchev–Trinajstić information content (AvgIpc) is 2.78. The van der Waals surface area contributed by atoms with E-state index in [2.05, 4.69) is 0 Å². The van der Waals surface area contributed by atoms with Crippen LogP contribution in [0.4, 0.5) is 0 Å². The van der Waals surface area contributed by atoms with Crippen LogP contribution < -0.4 is 0 Å². The minimum Gasteiger partial charge on any atom is -0.511 e. The second kappa shape index (κ2) is 12.1. The van der Waals surface area contributed by atoms with Crippen molar-refractivity contribution in [1.82, 2.24) is 0 Å². The van der Waals surface area contributed by atoms with E-state index in [-0.39, 0.29) is 37.0 Å². The number of rotatable bonds is 11. The number of fused-ring (bicyclic) bond motifs is 2. The molecule has 1 saturated carbocycles. The SMILES string of the molecule is CCCC[C@@H]1C[C@@H]2C(C(=O)OCC(C)C)=C(O)[C@H](C(=O)OC)[C@@](O)([C@@H]1C(=O)OCC(C)C)[C@H]2C(=O)O. The molecular weight excluding hydrogens is 472 g/mol. The smallest absolute Gasteiger partial charge is 0.337 e. The molecule has 1 fully saturated rings. The van der Waals surface area contributed by atoms with Gasteiger partial charge in [0.1, 0.15) is 17.3 Å². The van der Waals surface area contributed by atoms with E-state index in [0.29, 0.717) is 12.8 Å². The fourth-order valence-electron chi connectivity index (χ4n) is 5.53. The second-order valence-corrected chi connectivity index (χ2v) is 10.7. The highest BCUT2D eigenvalue weighted by molar-refractivity contribution is 5.95. The van der Waals surface area contributed by atoms with Crippen molar-refractivity contribution in [3.8, 4) is 0 Å². The van der Waals surface area contributed by atoms with Crippen LogP contribution in [-0.2, 0) is 33.4 Å². The number of aliphatic hydroxyl groups excluding tert-OH is 1. The fraction of sp³-hybridized carbons (Fsp3) is 0.769. The largest absolute Gasteiger partial charge is 0.511 e. The standard InChI is InChI=1S/C26H40O10/c1-7-8-9-15-10-16-17(23(30)35-11-13(2)3)21(27)20(24(31)34-6)26(33,19(16)22(28)29)18(15)25(32)36-12-14(4)5/h13-16,18-20,27,33H,7-12H2,1-6H3,(H,28,29)/t15-,16-,18+,19-,20-,26-/m1/s1. The molecule has 0 radical (unpaired) electrons. The highest BCUT2D eigenvalue weighted by Gasteiger charge is 2.70. The minimum absolute atomic E-state index is 0.0106. The van der Waals surface area contributed by atoms with Crippen LogP contribution in [0.2, 0.25) is 0 Å². The van der Waals surface area contributed by atoms with Gasteiger partial charge >= 0.3 is 23.9 Å². The summed E-state index contributed by atoms with van der Waals surface area (Å²) in [4.78, 5) is 52.1. The Bertz CT molecular complexity index is 876. The van der Waals surface area contributed by atoms with Crippen molar-refractivity contribution in [2.75, 3.05) is 20.3 Å². The van der Waals surface area contributed by atoms with Crippen LogP contribution in [0.3, 0.4) is 0 Å². The van der Waals surface area contributed by atoms with Gasteiger partial charge in [0.25, 0.3) is 0 Å². The lowest BCUT2D eigenvalue weighted by atomic mass is 9.49. The van der Waals surface area contributed by atoms with Gasteiger partial charge in [-0.05, 0) is 30.6 Å². The molecular formula is C26H40O10. The molecule has 36 heavy (non-hydrogen) atoms. The number of unbranched alkanes of at least 4 members (excludes halogenated alkanes) is 1. The van der Waals surface area contributed by atoms with Crippen molar-refractivity contribution >= 4 is 23.9 Å². The number of ether oxygens (including phenoxy) is 3. The van der Waals surface area contributed by atoms with E-state index in [4.69, 9.17) is 14.2 Å². The number of aliphatic hydroxyl groups is 2. The maximum absolute atomic E-state index is 13.4. The third-order valence-electron chi connectivity index (χ3n) is 7.02. The average molecular weight is 513 g/mol. The molecule has 0 aromatic heterocycles. The third-order valence-corrected chi connectivity index (χ3v) is 7.02. The first-order valence-corrected chi connectivity index (χ1v) is 12.6. The van der Waals surface area contributed by atoms with E-state index in [9.17, 15) is 34.5 Å². The number of carbonyl (C=O) groups is 4. The third kappa shape index (κ3) is 5.68. The Labute approximate surface area is 212 Å². The molecule has 2 rings (SSSR count). The quantitative estimate of drug-likeness (QED) is 0.278. The first-order chi connectivity index (χ1) is 16.8. The molecule has 0 aromatic carbocycles. The molecule has 0 amide bonds. The topological polar surface area (TPSA) is 157 Å². The van der Waals surface area contributed by atoms with Crippen LogP contribution in [-0.4, -0.2) is 65.1 Å². The molecule has 3 N–H and O–H groups in total. The first-order valence-electron chi connectivity index (χ1n) is 12.6. The van der Waals surface area contributed by atoms with Gasteiger partial charge in [0.05, 0.1) is 37.7 Å². The normalized spacial score (nSPS) is 29.8. The maximum Gasteiger partial charge on any atom is 0.337 e. The number of aliphatic carboxylic acids is 1. The highest BCUT2D eigenvalue weighted by atomic mass is 16.5. The zero-order valence-electron chi connectivity index (χ0n) is 22.0. The molecule has 2 aliphatic rings. The molecule has 6 atom stereocenters. The van der Waals surface area contributed by atoms with Gasteiger partial charge in [-0.25, -0.2) is 4.79 Å². The maximum atomic E-state index is 13.4. The van der Waals surface area contributed by atoms with Crippen LogP contribution in [0.25, 0.3) is 0 Å². The van der Waals surface area contributed by atoms with E-state index in [0.717, 1.165) is 13.5 Å². The van der Waals surface area contributed by atoms with Crippen molar-refractivity contribution < 1.29 is 48.7 Å². The molecule has 10 heteroatoms. The summed E-state index contributed by atoms with van der Waals surface area (Å²) >= 11 is 0. The number of hydrogen-bond acceptors (Lipinski definition) is 9. The predicted molar refractivity (Wildman–Crippen MR) is 127 cm³/mol. The number of hydrogen-bond donors (Lipinski definition) is 3. The Morgan fingerprint density at radius 2 is 1.58 bits per heavy atom. The van der Waals surface area contributed by atoms with Gasteiger partial charge in [0, 0.05) is 5.92 Å². The van der Waals surface area contributed by atoms with Crippen LogP contribution in [0.5, 0.6) is 0 Å². The van der Waals surface area contributed by atoms with Crippen molar-refractivity contribution in [2.45, 2.75) is 65.9 Å². The van der Waals surface area contributed by atoms with Crippen LogP contribution in [0.15, 0.2) is 11.3 Å². The Morgan fingerprint density at radius 3 is 2.08 bits per heavy atom. The summed E-state index contributed by atoms with van der Waals surface area (Å²) in [7, 11) is 1.01. The lowest BCUT2D eigenvalue weighted by molar-refractivity contribution is -0.214. The summed E-state index contributed by atoms with van der Waals surface area (Å²) in [5.74, 6) is -12.3. The molecule has 0 aromatic rings. The fourth-order valence-corrected chi connectivity index (χ4v) is 5.53. The monoisotopic (exact) mass is 512 g/mol. The number of esters is 3. The van der Waals surface area contributed by atoms with E-state index in [1.807, 2.05) is 34.6 Å². The molecule has 0 aliphatic heterocycles. The number of carboxylic acids is 1. The van der Waals surface area contributed by atoms with Crippen molar-refractivity contribution in [1.29, 1.82) is 0 Å². The lowest BCUT2D eigenvalue weighted by Gasteiger charge is -2.55. The molecule has 2 aliphatic carbocycles. The zero-order valence-corrected chi connectivity index (χ0v) is 22.0. The summed E-state index contributed by atoms with van der Waals surface area (Å²) in [6.07, 6.45) is 1.86. The Kier molecular flexibility index (Phi) is 9.93. The van der Waals surface area contributed by atoms with E-state index < -0.39 is 64.8 Å². The predicted octanol–water partition coefficient (Wildman–Crippen LogP) is 2.87. The highest BCUT2D eigenvalue weighted by Crippen LogP contribution is 2.58. The van der Waals surface area contributed by atoms with Crippen LogP contribution in [0, 0.1) is 41.4 Å². The molecule has 0 spiro atoms. The summed E-state index contributed by atoms with van der Waals surface area (Å²) in [5.41, 5.74) is -2.95. The van der Waals surface area contributed by atoms with E-state index in [1.165, 1.54) is 0 Å². The van der Waals surface area contributed by atoms with Crippen LogP contribution in [0.1, 0.15) is 60.3 Å². The summed E-state index contributed by atoms with van der Waals surface area (Å²) in [6.45, 7) is 9.27. The van der Waals surface area contributed by atoms with E-state index in [1.54, 1.807) is 0 Å². The summed E-state index contributed by atoms with van der Waals surface area (Å²) < 4.78 is 15.6. The van der Waals surface area contributed by atoms with Gasteiger partial charge in [-0.1, -0.05) is 47.5 Å². The molecule has 0 unspecified atom stereocenters. The summed E-state index contributed by atoms with van der Waals surface area (Å²) in [6, 6.07) is 0. The first kappa shape index (κ1) is 29.6. The minimum atomic E-state index is -2.58. The van der Waals surface area contributed by atoms with Gasteiger partial charge in [-0.2, -0.15) is 0 Å². The number of carboxylic acid groups (broad SMARTS) is 1. The van der Waals surface area contributed by atoms with Crippen LogP contribution >= 0.6 is 0 Å². The second-order valence-electron chi connectivity index (χ2n) is 10.7. The lowest BCUT2D eigenvalue weighted by Crippen LogP contribution is -2.68. The van der Waals surface area contributed by atoms with Gasteiger partial charge in [0.15, 0.2) is 0 Å². The Hall–Kier alpha value is -2.62. The molecule has 2 bridgehead atoms. The molecule has 0 saturated heterocycles. The van der Waals surface area contributed by atoms with Crippen molar-refractivity contribution in [2.24, 2.45) is 41.4 Å². The molecule has 10 nitrogen and oxygen atoms in total. The van der Waals surface area contributed by atoms with Crippen molar-refractivity contribution in [3.05, 3.63) is 11.3 Å². The van der Waals surface area contributed by atoms with Gasteiger partial charge in [-0.15, -0.1) is 0 Å². The Balaban J connectivity index is 2.77. The zero-order chi connectivity index (χ0) is 27.4. The molecule has 204 valence electrons.